The summed E-state index contributed by atoms with van der Waals surface area (Å²) in [5.74, 6) is 0. The van der Waals surface area contributed by atoms with E-state index in [-0.39, 0.29) is 6.04 Å². The van der Waals surface area contributed by atoms with Gasteiger partial charge in [0.1, 0.15) is 0 Å². The Bertz CT molecular complexity index is 1360. The molecule has 1 unspecified atom stereocenters. The second-order valence-electron chi connectivity index (χ2n) is 8.43. The molecule has 0 radical (unpaired) electrons. The largest absolute Gasteiger partial charge is 0.374 e. The van der Waals surface area contributed by atoms with E-state index in [1.54, 1.807) is 0 Å². The van der Waals surface area contributed by atoms with E-state index >= 15 is 0 Å². The predicted octanol–water partition coefficient (Wildman–Crippen LogP) is 8.52. The molecule has 0 aromatic heterocycles. The molecule has 1 N–H and O–H groups in total. The third kappa shape index (κ3) is 4.88. The first-order valence-corrected chi connectivity index (χ1v) is 11.4. The molecule has 33 heavy (non-hydrogen) atoms. The van der Waals surface area contributed by atoms with E-state index in [9.17, 15) is 0 Å². The fraction of sp³-hybridized carbons (Fsp3) is 0.0625. The van der Waals surface area contributed by atoms with Crippen LogP contribution >= 0.6 is 0 Å². The summed E-state index contributed by atoms with van der Waals surface area (Å²) in [6.45, 7) is 2.13. The topological polar surface area (TPSA) is 12.0 Å². The molecule has 0 bridgehead atoms. The normalized spacial score (nSPS) is 12.2. The van der Waals surface area contributed by atoms with Gasteiger partial charge < -0.3 is 5.32 Å². The Hall–Kier alpha value is -4.10. The van der Waals surface area contributed by atoms with Crippen LogP contribution in [0, 0.1) is 6.92 Å². The molecular weight excluding hydrogens is 398 g/mol. The summed E-state index contributed by atoms with van der Waals surface area (Å²) < 4.78 is 0. The first-order valence-electron chi connectivity index (χ1n) is 11.4. The van der Waals surface area contributed by atoms with Crippen molar-refractivity contribution in [1.29, 1.82) is 0 Å². The summed E-state index contributed by atoms with van der Waals surface area (Å²) in [5, 5.41) is 6.31. The highest BCUT2D eigenvalue weighted by molar-refractivity contribution is 5.94. The van der Waals surface area contributed by atoms with Crippen molar-refractivity contribution in [2.45, 2.75) is 13.0 Å². The maximum absolute atomic E-state index is 3.83. The van der Waals surface area contributed by atoms with Crippen LogP contribution < -0.4 is 5.32 Å². The van der Waals surface area contributed by atoms with E-state index in [1.807, 2.05) is 6.07 Å². The highest BCUT2D eigenvalue weighted by Crippen LogP contribution is 2.31. The Morgan fingerprint density at radius 2 is 1.12 bits per heavy atom. The lowest BCUT2D eigenvalue weighted by molar-refractivity contribution is 0.940. The Morgan fingerprint density at radius 1 is 0.545 bits per heavy atom. The van der Waals surface area contributed by atoms with E-state index < -0.39 is 0 Å². The average Bonchev–Trinajstić information content (AvgIpc) is 2.88. The zero-order valence-corrected chi connectivity index (χ0v) is 18.8. The summed E-state index contributed by atoms with van der Waals surface area (Å²) in [7, 11) is 0. The minimum Gasteiger partial charge on any atom is -0.374 e. The van der Waals surface area contributed by atoms with E-state index in [0.717, 1.165) is 5.69 Å². The van der Waals surface area contributed by atoms with Gasteiger partial charge in [0.2, 0.25) is 0 Å². The van der Waals surface area contributed by atoms with E-state index in [1.165, 1.54) is 38.6 Å². The summed E-state index contributed by atoms with van der Waals surface area (Å²) in [5.41, 5.74) is 7.30. The fourth-order valence-electron chi connectivity index (χ4n) is 4.18. The standard InChI is InChI=1S/C32H27N/c1-24-14-20-28(21-15-24)32(33-31-13-7-11-27-10-5-6-12-30(27)31)29-22-18-26(19-23-29)17-16-25-8-3-2-4-9-25/h2-23,32-33H,1H3. The molecule has 160 valence electrons. The van der Waals surface area contributed by atoms with Gasteiger partial charge in [-0.3, -0.25) is 0 Å². The SMILES string of the molecule is Cc1ccc(C(Nc2cccc3ccccc23)c2ccc(C=Cc3ccccc3)cc2)cc1. The van der Waals surface area contributed by atoms with Gasteiger partial charge in [0.05, 0.1) is 6.04 Å². The molecule has 0 spiro atoms. The third-order valence-electron chi connectivity index (χ3n) is 6.04. The van der Waals surface area contributed by atoms with Gasteiger partial charge in [-0.2, -0.15) is 0 Å². The fourth-order valence-corrected chi connectivity index (χ4v) is 4.18. The van der Waals surface area contributed by atoms with Crippen molar-refractivity contribution in [3.8, 4) is 0 Å². The Morgan fingerprint density at radius 3 is 1.85 bits per heavy atom. The van der Waals surface area contributed by atoms with Gasteiger partial charge in [0, 0.05) is 11.1 Å². The molecule has 0 fully saturated rings. The van der Waals surface area contributed by atoms with Crippen LogP contribution in [0.3, 0.4) is 0 Å². The summed E-state index contributed by atoms with van der Waals surface area (Å²) in [6, 6.07) is 43.1. The molecule has 0 aliphatic rings. The van der Waals surface area contributed by atoms with Crippen LogP contribution in [0.15, 0.2) is 121 Å². The second kappa shape index (κ2) is 9.58. The second-order valence-corrected chi connectivity index (χ2v) is 8.43. The van der Waals surface area contributed by atoms with Gasteiger partial charge >= 0.3 is 0 Å². The zero-order chi connectivity index (χ0) is 22.5. The molecule has 5 rings (SSSR count). The zero-order valence-electron chi connectivity index (χ0n) is 18.8. The first kappa shape index (κ1) is 20.8. The molecule has 0 aliphatic carbocycles. The highest BCUT2D eigenvalue weighted by Gasteiger charge is 2.15. The van der Waals surface area contributed by atoms with Crippen LogP contribution in [0.25, 0.3) is 22.9 Å². The van der Waals surface area contributed by atoms with Crippen molar-refractivity contribution >= 4 is 28.6 Å². The van der Waals surface area contributed by atoms with Crippen LogP contribution in [0.1, 0.15) is 33.9 Å². The van der Waals surface area contributed by atoms with Gasteiger partial charge in [0.25, 0.3) is 0 Å². The number of benzene rings is 5. The molecule has 0 saturated carbocycles. The van der Waals surface area contributed by atoms with Gasteiger partial charge in [0.15, 0.2) is 0 Å². The van der Waals surface area contributed by atoms with Crippen LogP contribution in [0.5, 0.6) is 0 Å². The smallest absolute Gasteiger partial charge is 0.0767 e. The van der Waals surface area contributed by atoms with Crippen LogP contribution in [0.4, 0.5) is 5.69 Å². The van der Waals surface area contributed by atoms with E-state index in [4.69, 9.17) is 0 Å². The first-order chi connectivity index (χ1) is 16.3. The molecule has 1 nitrogen and oxygen atoms in total. The number of anilines is 1. The van der Waals surface area contributed by atoms with Crippen molar-refractivity contribution in [2.24, 2.45) is 0 Å². The number of aryl methyl sites for hydroxylation is 1. The molecule has 1 heteroatoms. The van der Waals surface area contributed by atoms with Crippen molar-refractivity contribution in [3.63, 3.8) is 0 Å². The van der Waals surface area contributed by atoms with Gasteiger partial charge in [-0.1, -0.05) is 133 Å². The maximum atomic E-state index is 3.83. The molecule has 1 atom stereocenters. The van der Waals surface area contributed by atoms with Crippen LogP contribution in [0.2, 0.25) is 0 Å². The maximum Gasteiger partial charge on any atom is 0.0767 e. The highest BCUT2D eigenvalue weighted by atomic mass is 14.9. The van der Waals surface area contributed by atoms with E-state index in [2.05, 4.69) is 140 Å². The lowest BCUT2D eigenvalue weighted by Crippen LogP contribution is -2.12. The van der Waals surface area contributed by atoms with Crippen LogP contribution in [-0.4, -0.2) is 0 Å². The Balaban J connectivity index is 1.48. The Kier molecular flexibility index (Phi) is 6.04. The monoisotopic (exact) mass is 425 g/mol. The number of rotatable bonds is 6. The van der Waals surface area contributed by atoms with Gasteiger partial charge in [-0.25, -0.2) is 0 Å². The number of hydrogen-bond donors (Lipinski definition) is 1. The van der Waals surface area contributed by atoms with Gasteiger partial charge in [-0.15, -0.1) is 0 Å². The van der Waals surface area contributed by atoms with Crippen molar-refractivity contribution in [3.05, 3.63) is 149 Å². The van der Waals surface area contributed by atoms with Crippen LogP contribution in [-0.2, 0) is 0 Å². The van der Waals surface area contributed by atoms with Gasteiger partial charge in [-0.05, 0) is 40.6 Å². The Labute approximate surface area is 196 Å². The lowest BCUT2D eigenvalue weighted by Gasteiger charge is -2.22. The quantitative estimate of drug-likeness (QED) is 0.269. The van der Waals surface area contributed by atoms with Crippen molar-refractivity contribution in [2.75, 3.05) is 5.32 Å². The van der Waals surface area contributed by atoms with Crippen molar-refractivity contribution in [1.82, 2.24) is 0 Å². The molecule has 0 saturated heterocycles. The molecule has 5 aromatic rings. The lowest BCUT2D eigenvalue weighted by atomic mass is 9.96. The molecule has 0 heterocycles. The summed E-state index contributed by atoms with van der Waals surface area (Å²) >= 11 is 0. The third-order valence-corrected chi connectivity index (χ3v) is 6.04. The van der Waals surface area contributed by atoms with E-state index in [0.29, 0.717) is 0 Å². The minimum absolute atomic E-state index is 0.0589. The molecule has 0 aliphatic heterocycles. The number of fused-ring (bicyclic) bond motifs is 1. The molecule has 5 aromatic carbocycles. The number of nitrogens with one attached hydrogen (secondary N) is 1. The molecular formula is C32H27N. The number of hydrogen-bond acceptors (Lipinski definition) is 1. The summed E-state index contributed by atoms with van der Waals surface area (Å²) in [6.07, 6.45) is 4.32. The minimum atomic E-state index is 0.0589. The van der Waals surface area contributed by atoms with Crippen molar-refractivity contribution < 1.29 is 0 Å². The summed E-state index contributed by atoms with van der Waals surface area (Å²) in [4.78, 5) is 0. The predicted molar refractivity (Wildman–Crippen MR) is 142 cm³/mol. The molecule has 0 amide bonds. The average molecular weight is 426 g/mol.